The fraction of sp³-hybridized carbons (Fsp3) is 0.500. The first-order chi connectivity index (χ1) is 8.43. The Labute approximate surface area is 117 Å². The van der Waals surface area contributed by atoms with Gasteiger partial charge in [-0.1, -0.05) is 28.9 Å². The number of carbonyl (C=O) groups excluding carboxylic acids is 1. The van der Waals surface area contributed by atoms with Gasteiger partial charge in [0.2, 0.25) is 5.91 Å². The van der Waals surface area contributed by atoms with Crippen molar-refractivity contribution in [3.05, 3.63) is 28.2 Å². The van der Waals surface area contributed by atoms with E-state index in [1.54, 1.807) is 0 Å². The Morgan fingerprint density at radius 1 is 1.39 bits per heavy atom. The normalized spacial score (nSPS) is 13.8. The summed E-state index contributed by atoms with van der Waals surface area (Å²) >= 11 is 3.43. The van der Waals surface area contributed by atoms with Crippen LogP contribution in [0.1, 0.15) is 32.8 Å². The summed E-state index contributed by atoms with van der Waals surface area (Å²) in [5.74, 6) is 0.0312. The molecule has 0 aliphatic rings. The van der Waals surface area contributed by atoms with Gasteiger partial charge in [-0.3, -0.25) is 4.79 Å². The molecule has 0 aliphatic carbocycles. The standard InChI is InChI=1S/C14H21BrN2O/c1-5-10(3)16-14(18)11(4)17-13-8-12(15)7-6-9(13)2/h6-8,10-11,17H,5H2,1-4H3,(H,16,18). The molecule has 0 radical (unpaired) electrons. The molecule has 0 spiro atoms. The van der Waals surface area contributed by atoms with Crippen LogP contribution in [0.4, 0.5) is 5.69 Å². The van der Waals surface area contributed by atoms with E-state index in [9.17, 15) is 4.79 Å². The molecule has 2 atom stereocenters. The predicted molar refractivity (Wildman–Crippen MR) is 79.9 cm³/mol. The van der Waals surface area contributed by atoms with Crippen molar-refractivity contribution in [3.8, 4) is 0 Å². The van der Waals surface area contributed by atoms with Crippen LogP contribution in [-0.4, -0.2) is 18.0 Å². The van der Waals surface area contributed by atoms with Crippen LogP contribution in [0, 0.1) is 6.92 Å². The fourth-order valence-electron chi connectivity index (χ4n) is 1.52. The van der Waals surface area contributed by atoms with Gasteiger partial charge < -0.3 is 10.6 Å². The molecule has 0 heterocycles. The molecular formula is C14H21BrN2O. The van der Waals surface area contributed by atoms with Gasteiger partial charge in [-0.05, 0) is 44.9 Å². The van der Waals surface area contributed by atoms with Gasteiger partial charge in [0.25, 0.3) is 0 Å². The average molecular weight is 313 g/mol. The van der Waals surface area contributed by atoms with Crippen molar-refractivity contribution in [1.29, 1.82) is 0 Å². The molecule has 2 N–H and O–H groups in total. The monoisotopic (exact) mass is 312 g/mol. The lowest BCUT2D eigenvalue weighted by Crippen LogP contribution is -2.41. The molecule has 0 bridgehead atoms. The number of amides is 1. The summed E-state index contributed by atoms with van der Waals surface area (Å²) in [6.45, 7) is 7.96. The first-order valence-corrected chi connectivity index (χ1v) is 7.06. The largest absolute Gasteiger partial charge is 0.374 e. The summed E-state index contributed by atoms with van der Waals surface area (Å²) in [7, 11) is 0. The first kappa shape index (κ1) is 15.0. The van der Waals surface area contributed by atoms with Crippen LogP contribution in [0.2, 0.25) is 0 Å². The summed E-state index contributed by atoms with van der Waals surface area (Å²) < 4.78 is 1.00. The smallest absolute Gasteiger partial charge is 0.242 e. The third-order valence-corrected chi connectivity index (χ3v) is 3.46. The molecule has 0 aliphatic heterocycles. The molecule has 0 saturated carbocycles. The summed E-state index contributed by atoms with van der Waals surface area (Å²) in [6, 6.07) is 5.97. The van der Waals surface area contributed by atoms with Crippen LogP contribution < -0.4 is 10.6 Å². The van der Waals surface area contributed by atoms with Crippen molar-refractivity contribution in [2.45, 2.75) is 46.2 Å². The second-order valence-electron chi connectivity index (χ2n) is 4.64. The molecule has 0 fully saturated rings. The highest BCUT2D eigenvalue weighted by Gasteiger charge is 2.15. The van der Waals surface area contributed by atoms with Gasteiger partial charge in [0.1, 0.15) is 6.04 Å². The third kappa shape index (κ3) is 4.33. The van der Waals surface area contributed by atoms with Crippen molar-refractivity contribution in [2.24, 2.45) is 0 Å². The molecule has 3 nitrogen and oxygen atoms in total. The highest BCUT2D eigenvalue weighted by atomic mass is 79.9. The molecule has 18 heavy (non-hydrogen) atoms. The van der Waals surface area contributed by atoms with Crippen molar-refractivity contribution in [2.75, 3.05) is 5.32 Å². The molecule has 1 aromatic carbocycles. The maximum absolute atomic E-state index is 11.9. The SMILES string of the molecule is CCC(C)NC(=O)C(C)Nc1cc(Br)ccc1C. The number of hydrogen-bond acceptors (Lipinski definition) is 2. The highest BCUT2D eigenvalue weighted by Crippen LogP contribution is 2.21. The molecule has 2 unspecified atom stereocenters. The Hall–Kier alpha value is -1.03. The molecule has 0 saturated heterocycles. The van der Waals surface area contributed by atoms with Crippen LogP contribution >= 0.6 is 15.9 Å². The topological polar surface area (TPSA) is 41.1 Å². The Kier molecular flexibility index (Phi) is 5.66. The fourth-order valence-corrected chi connectivity index (χ4v) is 1.88. The van der Waals surface area contributed by atoms with Crippen LogP contribution in [0.5, 0.6) is 0 Å². The van der Waals surface area contributed by atoms with E-state index >= 15 is 0 Å². The number of rotatable bonds is 5. The van der Waals surface area contributed by atoms with E-state index in [4.69, 9.17) is 0 Å². The molecule has 1 amide bonds. The van der Waals surface area contributed by atoms with Gasteiger partial charge in [-0.15, -0.1) is 0 Å². The van der Waals surface area contributed by atoms with E-state index in [0.717, 1.165) is 22.1 Å². The van der Waals surface area contributed by atoms with E-state index in [-0.39, 0.29) is 18.0 Å². The van der Waals surface area contributed by atoms with E-state index in [2.05, 4.69) is 33.5 Å². The molecule has 1 aromatic rings. The summed E-state index contributed by atoms with van der Waals surface area (Å²) in [5.41, 5.74) is 2.11. The lowest BCUT2D eigenvalue weighted by molar-refractivity contribution is -0.122. The Morgan fingerprint density at radius 2 is 2.06 bits per heavy atom. The number of hydrogen-bond donors (Lipinski definition) is 2. The lowest BCUT2D eigenvalue weighted by atomic mass is 10.1. The van der Waals surface area contributed by atoms with Gasteiger partial charge in [0.05, 0.1) is 0 Å². The molecule has 4 heteroatoms. The van der Waals surface area contributed by atoms with Crippen molar-refractivity contribution in [3.63, 3.8) is 0 Å². The molecule has 0 aromatic heterocycles. The van der Waals surface area contributed by atoms with Gasteiger partial charge in [-0.25, -0.2) is 0 Å². The predicted octanol–water partition coefficient (Wildman–Crippen LogP) is 3.47. The van der Waals surface area contributed by atoms with E-state index in [1.807, 2.05) is 39.0 Å². The number of halogens is 1. The van der Waals surface area contributed by atoms with E-state index in [0.29, 0.717) is 0 Å². The van der Waals surface area contributed by atoms with Gasteiger partial charge in [0.15, 0.2) is 0 Å². The summed E-state index contributed by atoms with van der Waals surface area (Å²) in [5, 5.41) is 6.21. The maximum atomic E-state index is 11.9. The number of carbonyl (C=O) groups is 1. The number of aryl methyl sites for hydroxylation is 1. The van der Waals surface area contributed by atoms with Gasteiger partial charge in [-0.2, -0.15) is 0 Å². The highest BCUT2D eigenvalue weighted by molar-refractivity contribution is 9.10. The minimum Gasteiger partial charge on any atom is -0.374 e. The number of anilines is 1. The zero-order valence-corrected chi connectivity index (χ0v) is 13.0. The minimum atomic E-state index is -0.244. The third-order valence-electron chi connectivity index (χ3n) is 2.97. The molecular weight excluding hydrogens is 292 g/mol. The van der Waals surface area contributed by atoms with Gasteiger partial charge in [0, 0.05) is 16.2 Å². The zero-order chi connectivity index (χ0) is 13.7. The maximum Gasteiger partial charge on any atom is 0.242 e. The Morgan fingerprint density at radius 3 is 2.67 bits per heavy atom. The van der Waals surface area contributed by atoms with Crippen LogP contribution in [0.15, 0.2) is 22.7 Å². The molecule has 1 rings (SSSR count). The first-order valence-electron chi connectivity index (χ1n) is 6.27. The second-order valence-corrected chi connectivity index (χ2v) is 5.56. The summed E-state index contributed by atoms with van der Waals surface area (Å²) in [6.07, 6.45) is 0.939. The van der Waals surface area contributed by atoms with Crippen molar-refractivity contribution in [1.82, 2.24) is 5.32 Å². The van der Waals surface area contributed by atoms with Crippen LogP contribution in [0.3, 0.4) is 0 Å². The minimum absolute atomic E-state index is 0.0312. The zero-order valence-electron chi connectivity index (χ0n) is 11.4. The van der Waals surface area contributed by atoms with Crippen LogP contribution in [-0.2, 0) is 4.79 Å². The van der Waals surface area contributed by atoms with E-state index < -0.39 is 0 Å². The number of benzene rings is 1. The summed E-state index contributed by atoms with van der Waals surface area (Å²) in [4.78, 5) is 11.9. The van der Waals surface area contributed by atoms with Crippen LogP contribution in [0.25, 0.3) is 0 Å². The van der Waals surface area contributed by atoms with Gasteiger partial charge >= 0.3 is 0 Å². The molecule has 100 valence electrons. The van der Waals surface area contributed by atoms with Crippen molar-refractivity contribution < 1.29 is 4.79 Å². The number of nitrogens with one attached hydrogen (secondary N) is 2. The van der Waals surface area contributed by atoms with Crippen molar-refractivity contribution >= 4 is 27.5 Å². The van der Waals surface area contributed by atoms with E-state index in [1.165, 1.54) is 0 Å². The average Bonchev–Trinajstić information content (AvgIpc) is 2.33. The lowest BCUT2D eigenvalue weighted by Gasteiger charge is -2.19. The Balaban J connectivity index is 2.66. The quantitative estimate of drug-likeness (QED) is 0.874. The Bertz CT molecular complexity index is 420. The second kappa shape index (κ2) is 6.78.